The highest BCUT2D eigenvalue weighted by Crippen LogP contribution is 2.29. The molecule has 0 unspecified atom stereocenters. The smallest absolute Gasteiger partial charge is 0.291 e. The zero-order chi connectivity index (χ0) is 27.5. The highest BCUT2D eigenvalue weighted by Gasteiger charge is 2.13. The van der Waals surface area contributed by atoms with E-state index in [9.17, 15) is 4.79 Å². The van der Waals surface area contributed by atoms with E-state index in [2.05, 4.69) is 5.32 Å². The molecule has 0 aliphatic heterocycles. The number of rotatable bonds is 14. The van der Waals surface area contributed by atoms with Gasteiger partial charge in [0.15, 0.2) is 17.3 Å². The molecule has 0 saturated carbocycles. The average Bonchev–Trinajstić information content (AvgIpc) is 3.43. The van der Waals surface area contributed by atoms with Crippen molar-refractivity contribution in [3.8, 4) is 28.7 Å². The number of nitrogens with one attached hydrogen (secondary N) is 1. The molecule has 1 aromatic heterocycles. The van der Waals surface area contributed by atoms with E-state index in [0.717, 1.165) is 11.3 Å². The van der Waals surface area contributed by atoms with Crippen molar-refractivity contribution in [2.24, 2.45) is 0 Å². The first kappa shape index (κ1) is 27.4. The Labute approximate surface area is 228 Å². The van der Waals surface area contributed by atoms with E-state index in [1.54, 1.807) is 36.4 Å². The molecule has 0 spiro atoms. The maximum atomic E-state index is 12.6. The van der Waals surface area contributed by atoms with Crippen molar-refractivity contribution < 1.29 is 32.9 Å². The van der Waals surface area contributed by atoms with Gasteiger partial charge in [-0.15, -0.1) is 0 Å². The minimum absolute atomic E-state index is 0.196. The molecule has 1 N–H and O–H groups in total. The minimum atomic E-state index is -0.353. The molecule has 0 radical (unpaired) electrons. The number of amides is 1. The van der Waals surface area contributed by atoms with Crippen molar-refractivity contribution in [1.82, 2.24) is 0 Å². The highest BCUT2D eigenvalue weighted by atomic mass is 16.5. The van der Waals surface area contributed by atoms with E-state index in [0.29, 0.717) is 60.9 Å². The number of carbonyl (C=O) groups excluding carboxylic acids is 1. The van der Waals surface area contributed by atoms with Crippen LogP contribution in [0.3, 0.4) is 0 Å². The Bertz CT molecular complexity index is 1330. The molecule has 0 aliphatic carbocycles. The fourth-order valence-corrected chi connectivity index (χ4v) is 3.71. The molecule has 39 heavy (non-hydrogen) atoms. The van der Waals surface area contributed by atoms with Crippen LogP contribution >= 0.6 is 0 Å². The summed E-state index contributed by atoms with van der Waals surface area (Å²) in [7, 11) is 0. The largest absolute Gasteiger partial charge is 0.494 e. The van der Waals surface area contributed by atoms with E-state index in [4.69, 9.17) is 28.1 Å². The van der Waals surface area contributed by atoms with E-state index in [-0.39, 0.29) is 18.3 Å². The quantitative estimate of drug-likeness (QED) is 0.190. The van der Waals surface area contributed by atoms with Crippen LogP contribution in [0.15, 0.2) is 83.3 Å². The molecule has 0 saturated heterocycles. The molecule has 204 valence electrons. The van der Waals surface area contributed by atoms with E-state index in [1.807, 2.05) is 63.2 Å². The van der Waals surface area contributed by atoms with E-state index in [1.165, 1.54) is 0 Å². The molecule has 8 heteroatoms. The Kier molecular flexibility index (Phi) is 9.72. The van der Waals surface area contributed by atoms with Crippen LogP contribution in [0.2, 0.25) is 0 Å². The number of hydrogen-bond acceptors (Lipinski definition) is 7. The molecule has 1 amide bonds. The van der Waals surface area contributed by atoms with Crippen LogP contribution in [0.25, 0.3) is 0 Å². The normalized spacial score (nSPS) is 10.5. The molecular weight excluding hydrogens is 498 g/mol. The zero-order valence-electron chi connectivity index (χ0n) is 22.4. The van der Waals surface area contributed by atoms with Gasteiger partial charge >= 0.3 is 0 Å². The second-order valence-electron chi connectivity index (χ2n) is 8.37. The third kappa shape index (κ3) is 7.95. The second-order valence-corrected chi connectivity index (χ2v) is 8.37. The standard InChI is InChI=1S/C31H33NO7/c1-4-34-24-12-14-26(15-13-24)38-21-27-16-18-29(39-27)31(33)32-23-8-10-25(11-9-23)37-20-22-7-17-28(35-5-2)30(19-22)36-6-3/h7-19H,4-6,20-21H2,1-3H3,(H,32,33). The fraction of sp³-hybridized carbons (Fsp3) is 0.258. The second kappa shape index (κ2) is 13.8. The first-order valence-electron chi connectivity index (χ1n) is 12.9. The summed E-state index contributed by atoms with van der Waals surface area (Å²) in [5.41, 5.74) is 1.58. The Morgan fingerprint density at radius 1 is 0.641 bits per heavy atom. The average molecular weight is 532 g/mol. The number of carbonyl (C=O) groups is 1. The van der Waals surface area contributed by atoms with Crippen LogP contribution < -0.4 is 29.0 Å². The van der Waals surface area contributed by atoms with Gasteiger partial charge in [0.1, 0.15) is 36.2 Å². The van der Waals surface area contributed by atoms with E-state index >= 15 is 0 Å². The van der Waals surface area contributed by atoms with Crippen LogP contribution in [-0.4, -0.2) is 25.7 Å². The molecule has 8 nitrogen and oxygen atoms in total. The predicted octanol–water partition coefficient (Wildman–Crippen LogP) is 6.89. The van der Waals surface area contributed by atoms with Crippen LogP contribution in [0.5, 0.6) is 28.7 Å². The maximum Gasteiger partial charge on any atom is 0.291 e. The Morgan fingerprint density at radius 3 is 1.90 bits per heavy atom. The summed E-state index contributed by atoms with van der Waals surface area (Å²) in [6, 6.07) is 23.6. The Balaban J connectivity index is 1.26. The van der Waals surface area contributed by atoms with Crippen LogP contribution in [-0.2, 0) is 13.2 Å². The maximum absolute atomic E-state index is 12.6. The summed E-state index contributed by atoms with van der Waals surface area (Å²) in [6.07, 6.45) is 0. The van der Waals surface area contributed by atoms with Gasteiger partial charge < -0.3 is 33.4 Å². The number of ether oxygens (including phenoxy) is 5. The van der Waals surface area contributed by atoms with Crippen molar-refractivity contribution in [3.63, 3.8) is 0 Å². The fourth-order valence-electron chi connectivity index (χ4n) is 3.71. The van der Waals surface area contributed by atoms with Gasteiger partial charge in [-0.25, -0.2) is 0 Å². The minimum Gasteiger partial charge on any atom is -0.494 e. The summed E-state index contributed by atoms with van der Waals surface area (Å²) in [5, 5.41) is 2.83. The molecule has 0 atom stereocenters. The molecule has 3 aromatic carbocycles. The summed E-state index contributed by atoms with van der Waals surface area (Å²) in [6.45, 7) is 8.10. The summed E-state index contributed by atoms with van der Waals surface area (Å²) in [4.78, 5) is 12.6. The van der Waals surface area contributed by atoms with Crippen molar-refractivity contribution in [2.75, 3.05) is 25.1 Å². The summed E-state index contributed by atoms with van der Waals surface area (Å²) in [5.74, 6) is 3.93. The lowest BCUT2D eigenvalue weighted by Crippen LogP contribution is -2.10. The van der Waals surface area contributed by atoms with Gasteiger partial charge in [0.05, 0.1) is 19.8 Å². The van der Waals surface area contributed by atoms with Gasteiger partial charge in [0.25, 0.3) is 5.91 Å². The third-order valence-corrected chi connectivity index (χ3v) is 5.53. The van der Waals surface area contributed by atoms with Gasteiger partial charge in [-0.1, -0.05) is 6.07 Å². The lowest BCUT2D eigenvalue weighted by Gasteiger charge is -2.13. The predicted molar refractivity (Wildman–Crippen MR) is 148 cm³/mol. The van der Waals surface area contributed by atoms with Crippen LogP contribution in [0.1, 0.15) is 42.6 Å². The van der Waals surface area contributed by atoms with Crippen LogP contribution in [0.4, 0.5) is 5.69 Å². The van der Waals surface area contributed by atoms with Gasteiger partial charge in [-0.05, 0) is 99.1 Å². The summed E-state index contributed by atoms with van der Waals surface area (Å²) >= 11 is 0. The molecule has 0 aliphatic rings. The molecule has 4 rings (SSSR count). The number of benzene rings is 3. The first-order chi connectivity index (χ1) is 19.1. The summed E-state index contributed by atoms with van der Waals surface area (Å²) < 4.78 is 34.0. The molecule has 0 fully saturated rings. The van der Waals surface area contributed by atoms with Crippen molar-refractivity contribution >= 4 is 11.6 Å². The van der Waals surface area contributed by atoms with Gasteiger partial charge in [0.2, 0.25) is 0 Å². The monoisotopic (exact) mass is 531 g/mol. The van der Waals surface area contributed by atoms with E-state index < -0.39 is 0 Å². The Hall–Kier alpha value is -4.59. The zero-order valence-corrected chi connectivity index (χ0v) is 22.4. The molecule has 4 aromatic rings. The topological polar surface area (TPSA) is 88.4 Å². The lowest BCUT2D eigenvalue weighted by molar-refractivity contribution is 0.0992. The molecule has 1 heterocycles. The highest BCUT2D eigenvalue weighted by molar-refractivity contribution is 6.02. The number of hydrogen-bond donors (Lipinski definition) is 1. The van der Waals surface area contributed by atoms with Gasteiger partial charge in [-0.3, -0.25) is 4.79 Å². The SMILES string of the molecule is CCOc1ccc(OCc2ccc(C(=O)Nc3ccc(OCc4ccc(OCC)c(OCC)c4)cc3)o2)cc1. The number of furan rings is 1. The van der Waals surface area contributed by atoms with Crippen molar-refractivity contribution in [1.29, 1.82) is 0 Å². The number of anilines is 1. The first-order valence-corrected chi connectivity index (χ1v) is 12.9. The third-order valence-electron chi connectivity index (χ3n) is 5.53. The van der Waals surface area contributed by atoms with Crippen LogP contribution in [0, 0.1) is 0 Å². The Morgan fingerprint density at radius 2 is 1.23 bits per heavy atom. The van der Waals surface area contributed by atoms with Crippen molar-refractivity contribution in [3.05, 3.63) is 95.9 Å². The van der Waals surface area contributed by atoms with Gasteiger partial charge in [0, 0.05) is 5.69 Å². The molecular formula is C31H33NO7. The van der Waals surface area contributed by atoms with Gasteiger partial charge in [-0.2, -0.15) is 0 Å². The van der Waals surface area contributed by atoms with Crippen molar-refractivity contribution in [2.45, 2.75) is 34.0 Å². The lowest BCUT2D eigenvalue weighted by atomic mass is 10.2. The molecule has 0 bridgehead atoms.